The van der Waals surface area contributed by atoms with Gasteiger partial charge in [0.15, 0.2) is 11.6 Å². The summed E-state index contributed by atoms with van der Waals surface area (Å²) in [5.74, 6) is 0.1000. The van der Waals surface area contributed by atoms with Gasteiger partial charge in [0.2, 0.25) is 5.91 Å². The number of rotatable bonds is 7. The number of amides is 1. The van der Waals surface area contributed by atoms with Gasteiger partial charge in [0.1, 0.15) is 5.56 Å². The van der Waals surface area contributed by atoms with E-state index >= 15 is 0 Å². The molecule has 0 saturated heterocycles. The molecule has 3 aromatic rings. The van der Waals surface area contributed by atoms with Gasteiger partial charge in [-0.3, -0.25) is 4.79 Å². The summed E-state index contributed by atoms with van der Waals surface area (Å²) < 4.78 is 6.59. The summed E-state index contributed by atoms with van der Waals surface area (Å²) in [6.45, 7) is 5.97. The molecule has 3 rings (SSSR count). The van der Waals surface area contributed by atoms with Crippen LogP contribution in [0.2, 0.25) is 0 Å². The van der Waals surface area contributed by atoms with Crippen LogP contribution in [0.25, 0.3) is 16.7 Å². The lowest BCUT2D eigenvalue weighted by atomic mass is 10.1. The Morgan fingerprint density at radius 2 is 2.00 bits per heavy atom. The fraction of sp³-hybridized carbons (Fsp3) is 0.333. The van der Waals surface area contributed by atoms with Gasteiger partial charge >= 0.3 is 5.97 Å². The van der Waals surface area contributed by atoms with Crippen molar-refractivity contribution in [1.29, 1.82) is 0 Å². The van der Waals surface area contributed by atoms with Crippen LogP contribution < -0.4 is 5.32 Å². The molecule has 146 valence electrons. The van der Waals surface area contributed by atoms with Crippen LogP contribution in [0.3, 0.4) is 0 Å². The van der Waals surface area contributed by atoms with Crippen molar-refractivity contribution < 1.29 is 14.3 Å². The van der Waals surface area contributed by atoms with E-state index in [1.807, 2.05) is 44.2 Å². The third-order valence-electron chi connectivity index (χ3n) is 4.41. The Morgan fingerprint density at radius 3 is 2.75 bits per heavy atom. The van der Waals surface area contributed by atoms with Crippen molar-refractivity contribution in [2.75, 3.05) is 11.9 Å². The number of benzene rings is 1. The monoisotopic (exact) mass is 380 g/mol. The van der Waals surface area contributed by atoms with Crippen LogP contribution >= 0.6 is 0 Å². The fourth-order valence-corrected chi connectivity index (χ4v) is 2.97. The van der Waals surface area contributed by atoms with Crippen molar-refractivity contribution in [3.63, 3.8) is 0 Å². The Balaban J connectivity index is 2.07. The van der Waals surface area contributed by atoms with Crippen LogP contribution in [-0.2, 0) is 9.53 Å². The summed E-state index contributed by atoms with van der Waals surface area (Å²) in [6, 6.07) is 9.68. The number of hydrogen-bond donors (Lipinski definition) is 1. The molecule has 1 amide bonds. The van der Waals surface area contributed by atoms with Crippen molar-refractivity contribution in [2.24, 2.45) is 0 Å². The molecule has 0 aliphatic heterocycles. The van der Waals surface area contributed by atoms with Gasteiger partial charge in [-0.25, -0.2) is 9.78 Å². The predicted molar refractivity (Wildman–Crippen MR) is 108 cm³/mol. The van der Waals surface area contributed by atoms with Crippen molar-refractivity contribution in [1.82, 2.24) is 14.8 Å². The first kappa shape index (κ1) is 19.5. The zero-order chi connectivity index (χ0) is 20.1. The first-order chi connectivity index (χ1) is 13.5. The number of esters is 1. The van der Waals surface area contributed by atoms with Crippen molar-refractivity contribution in [3.05, 3.63) is 47.7 Å². The minimum atomic E-state index is -0.531. The van der Waals surface area contributed by atoms with Crippen LogP contribution in [0, 0.1) is 6.92 Å². The van der Waals surface area contributed by atoms with E-state index in [9.17, 15) is 9.59 Å². The summed E-state index contributed by atoms with van der Waals surface area (Å²) in [6.07, 6.45) is 3.44. The van der Waals surface area contributed by atoms with E-state index in [1.165, 1.54) is 10.9 Å². The number of carbonyl (C=O) groups is 2. The maximum Gasteiger partial charge on any atom is 0.343 e. The summed E-state index contributed by atoms with van der Waals surface area (Å²) in [4.78, 5) is 29.3. The molecule has 0 bridgehead atoms. The average molecular weight is 380 g/mol. The Hall–Kier alpha value is -3.22. The number of nitrogens with one attached hydrogen (secondary N) is 1. The number of unbranched alkanes of at least 4 members (excludes halogenated alkanes) is 1. The lowest BCUT2D eigenvalue weighted by molar-refractivity contribution is -0.116. The summed E-state index contributed by atoms with van der Waals surface area (Å²) in [5.41, 5.74) is 2.05. The second-order valence-corrected chi connectivity index (χ2v) is 6.51. The second-order valence-electron chi connectivity index (χ2n) is 6.51. The highest BCUT2D eigenvalue weighted by molar-refractivity contribution is 6.00. The lowest BCUT2D eigenvalue weighted by Gasteiger charge is -2.12. The summed E-state index contributed by atoms with van der Waals surface area (Å²) >= 11 is 0. The maximum atomic E-state index is 12.3. The van der Waals surface area contributed by atoms with Gasteiger partial charge in [0.25, 0.3) is 0 Å². The van der Waals surface area contributed by atoms with E-state index in [1.54, 1.807) is 6.92 Å². The van der Waals surface area contributed by atoms with Crippen LogP contribution in [-0.4, -0.2) is 33.2 Å². The SMILES string of the molecule is CCCCC(=O)Nc1c(C(=O)OCC)cnn1-c1cc(C)c2ccccc2n1. The minimum Gasteiger partial charge on any atom is -0.462 e. The van der Waals surface area contributed by atoms with Gasteiger partial charge in [-0.2, -0.15) is 9.78 Å². The number of pyridine rings is 1. The quantitative estimate of drug-likeness (QED) is 0.625. The van der Waals surface area contributed by atoms with Crippen molar-refractivity contribution in [3.8, 4) is 5.82 Å². The van der Waals surface area contributed by atoms with Gasteiger partial charge < -0.3 is 10.1 Å². The van der Waals surface area contributed by atoms with E-state index < -0.39 is 5.97 Å². The van der Waals surface area contributed by atoms with E-state index in [-0.39, 0.29) is 23.9 Å². The minimum absolute atomic E-state index is 0.174. The molecule has 1 aromatic carbocycles. The standard InChI is InChI=1S/C21H24N4O3/c1-4-6-11-19(26)24-20-16(21(27)28-5-2)13-22-25(20)18-12-14(3)15-9-7-8-10-17(15)23-18/h7-10,12-13H,4-6,11H2,1-3H3,(H,24,26). The molecule has 2 aromatic heterocycles. The molecule has 0 saturated carbocycles. The Kier molecular flexibility index (Phi) is 6.03. The molecule has 7 nitrogen and oxygen atoms in total. The zero-order valence-electron chi connectivity index (χ0n) is 16.4. The third kappa shape index (κ3) is 4.03. The molecule has 0 fully saturated rings. The highest BCUT2D eigenvalue weighted by atomic mass is 16.5. The van der Waals surface area contributed by atoms with Crippen molar-refractivity contribution in [2.45, 2.75) is 40.0 Å². The number of nitrogens with zero attached hydrogens (tertiary/aromatic N) is 3. The number of fused-ring (bicyclic) bond motifs is 1. The zero-order valence-corrected chi connectivity index (χ0v) is 16.4. The molecule has 0 spiro atoms. The molecule has 0 aliphatic carbocycles. The molecule has 28 heavy (non-hydrogen) atoms. The Bertz CT molecular complexity index is 1010. The predicted octanol–water partition coefficient (Wildman–Crippen LogP) is 4.03. The molecular weight excluding hydrogens is 356 g/mol. The van der Waals surface area contributed by atoms with Crippen LogP contribution in [0.4, 0.5) is 5.82 Å². The number of para-hydroxylation sites is 1. The molecule has 1 N–H and O–H groups in total. The molecule has 0 radical (unpaired) electrons. The van der Waals surface area contributed by atoms with Gasteiger partial charge in [0, 0.05) is 11.8 Å². The molecule has 7 heteroatoms. The van der Waals surface area contributed by atoms with Crippen LogP contribution in [0.15, 0.2) is 36.5 Å². The third-order valence-corrected chi connectivity index (χ3v) is 4.41. The number of ether oxygens (including phenoxy) is 1. The maximum absolute atomic E-state index is 12.3. The largest absolute Gasteiger partial charge is 0.462 e. The van der Waals surface area contributed by atoms with Crippen LogP contribution in [0.1, 0.15) is 49.0 Å². The van der Waals surface area contributed by atoms with Gasteiger partial charge in [-0.15, -0.1) is 0 Å². The highest BCUT2D eigenvalue weighted by Gasteiger charge is 2.22. The lowest BCUT2D eigenvalue weighted by Crippen LogP contribution is -2.18. The molecule has 2 heterocycles. The van der Waals surface area contributed by atoms with E-state index in [4.69, 9.17) is 4.74 Å². The first-order valence-corrected chi connectivity index (χ1v) is 9.46. The van der Waals surface area contributed by atoms with Crippen LogP contribution in [0.5, 0.6) is 0 Å². The number of aromatic nitrogens is 3. The van der Waals surface area contributed by atoms with Gasteiger partial charge in [-0.1, -0.05) is 31.5 Å². The number of hydrogen-bond acceptors (Lipinski definition) is 5. The Labute approximate surface area is 163 Å². The topological polar surface area (TPSA) is 86.1 Å². The van der Waals surface area contributed by atoms with Gasteiger partial charge in [0.05, 0.1) is 18.3 Å². The molecule has 0 unspecified atom stereocenters. The normalized spacial score (nSPS) is 10.8. The van der Waals surface area contributed by atoms with E-state index in [0.717, 1.165) is 29.3 Å². The molecule has 0 aliphatic rings. The van der Waals surface area contributed by atoms with Crippen molar-refractivity contribution >= 4 is 28.6 Å². The first-order valence-electron chi connectivity index (χ1n) is 9.46. The fourth-order valence-electron chi connectivity index (χ4n) is 2.97. The van der Waals surface area contributed by atoms with Gasteiger partial charge in [-0.05, 0) is 38.0 Å². The van der Waals surface area contributed by atoms with E-state index in [2.05, 4.69) is 15.4 Å². The smallest absolute Gasteiger partial charge is 0.343 e. The highest BCUT2D eigenvalue weighted by Crippen LogP contribution is 2.24. The Morgan fingerprint density at radius 1 is 1.21 bits per heavy atom. The second kappa shape index (κ2) is 8.65. The molecule has 0 atom stereocenters. The molecular formula is C21H24N4O3. The number of anilines is 1. The van der Waals surface area contributed by atoms with E-state index in [0.29, 0.717) is 12.2 Å². The number of carbonyl (C=O) groups excluding carboxylic acids is 2. The average Bonchev–Trinajstić information content (AvgIpc) is 3.10. The summed E-state index contributed by atoms with van der Waals surface area (Å²) in [7, 11) is 0. The number of aryl methyl sites for hydroxylation is 1. The summed E-state index contributed by atoms with van der Waals surface area (Å²) in [5, 5.41) is 8.17.